The van der Waals surface area contributed by atoms with Crippen molar-refractivity contribution >= 4 is 17.7 Å². The van der Waals surface area contributed by atoms with E-state index in [1.165, 1.54) is 5.56 Å². The fraction of sp³-hybridized carbons (Fsp3) is 0.562. The van der Waals surface area contributed by atoms with Gasteiger partial charge in [0.25, 0.3) is 5.91 Å². The van der Waals surface area contributed by atoms with Crippen molar-refractivity contribution in [1.29, 1.82) is 0 Å². The zero-order valence-corrected chi connectivity index (χ0v) is 13.2. The molecule has 3 nitrogen and oxygen atoms in total. The number of thioether (sulfide) groups is 1. The summed E-state index contributed by atoms with van der Waals surface area (Å²) in [5, 5.41) is 0. The molecule has 0 spiro atoms. The first-order valence-electron chi connectivity index (χ1n) is 7.33. The quantitative estimate of drug-likeness (QED) is 0.907. The predicted octanol–water partition coefficient (Wildman–Crippen LogP) is 2.75. The minimum atomic E-state index is 0.142. The van der Waals surface area contributed by atoms with Gasteiger partial charge in [-0.05, 0) is 49.3 Å². The zero-order chi connectivity index (χ0) is 14.5. The van der Waals surface area contributed by atoms with E-state index < -0.39 is 0 Å². The molecule has 0 aromatic heterocycles. The van der Waals surface area contributed by atoms with E-state index in [2.05, 4.69) is 26.0 Å². The van der Waals surface area contributed by atoms with Gasteiger partial charge in [0.05, 0.1) is 0 Å². The van der Waals surface area contributed by atoms with Crippen LogP contribution in [-0.2, 0) is 5.75 Å². The number of amides is 1. The van der Waals surface area contributed by atoms with E-state index in [4.69, 9.17) is 5.73 Å². The third-order valence-electron chi connectivity index (χ3n) is 3.93. The summed E-state index contributed by atoms with van der Waals surface area (Å²) in [6.45, 7) is 5.73. The van der Waals surface area contributed by atoms with Crippen LogP contribution in [0.15, 0.2) is 24.3 Å². The molecule has 1 amide bonds. The van der Waals surface area contributed by atoms with E-state index in [1.807, 2.05) is 28.8 Å². The normalized spacial score (nSPS) is 22.2. The van der Waals surface area contributed by atoms with Crippen LogP contribution >= 0.6 is 11.8 Å². The molecular weight excluding hydrogens is 268 g/mol. The van der Waals surface area contributed by atoms with E-state index in [0.29, 0.717) is 18.5 Å². The van der Waals surface area contributed by atoms with Crippen LogP contribution in [0.5, 0.6) is 0 Å². The highest BCUT2D eigenvalue weighted by Crippen LogP contribution is 2.24. The van der Waals surface area contributed by atoms with Crippen LogP contribution in [-0.4, -0.2) is 35.7 Å². The summed E-state index contributed by atoms with van der Waals surface area (Å²) in [5.74, 6) is 2.73. The molecule has 1 aromatic rings. The van der Waals surface area contributed by atoms with Crippen LogP contribution in [0.25, 0.3) is 0 Å². The van der Waals surface area contributed by atoms with Crippen LogP contribution < -0.4 is 5.73 Å². The molecular formula is C16H24N2OS. The molecule has 0 saturated carbocycles. The number of nitrogens with zero attached hydrogens (tertiary/aromatic N) is 1. The van der Waals surface area contributed by atoms with Crippen molar-refractivity contribution in [3.8, 4) is 0 Å². The minimum absolute atomic E-state index is 0.142. The van der Waals surface area contributed by atoms with Gasteiger partial charge in [0, 0.05) is 23.9 Å². The average molecular weight is 292 g/mol. The Morgan fingerprint density at radius 2 is 2.10 bits per heavy atom. The summed E-state index contributed by atoms with van der Waals surface area (Å²) >= 11 is 1.90. The van der Waals surface area contributed by atoms with E-state index >= 15 is 0 Å². The lowest BCUT2D eigenvalue weighted by atomic mass is 10.1. The van der Waals surface area contributed by atoms with E-state index in [0.717, 1.165) is 30.0 Å². The Labute approximate surface area is 125 Å². The summed E-state index contributed by atoms with van der Waals surface area (Å²) in [7, 11) is 0. The molecule has 1 aliphatic rings. The number of nitrogens with two attached hydrogens (primary N) is 1. The summed E-state index contributed by atoms with van der Waals surface area (Å²) in [5.41, 5.74) is 7.79. The van der Waals surface area contributed by atoms with Crippen molar-refractivity contribution in [2.45, 2.75) is 32.1 Å². The molecule has 4 heteroatoms. The topological polar surface area (TPSA) is 46.3 Å². The maximum atomic E-state index is 12.5. The Hall–Kier alpha value is -1.00. The molecule has 2 unspecified atom stereocenters. The van der Waals surface area contributed by atoms with E-state index in [1.54, 1.807) is 0 Å². The van der Waals surface area contributed by atoms with Gasteiger partial charge >= 0.3 is 0 Å². The maximum Gasteiger partial charge on any atom is 0.254 e. The number of benzene rings is 1. The number of likely N-dealkylation sites (tertiary alicyclic amines) is 1. The van der Waals surface area contributed by atoms with Crippen molar-refractivity contribution in [3.63, 3.8) is 0 Å². The lowest BCUT2D eigenvalue weighted by Crippen LogP contribution is -2.34. The van der Waals surface area contributed by atoms with Crippen molar-refractivity contribution in [3.05, 3.63) is 35.4 Å². The van der Waals surface area contributed by atoms with Gasteiger partial charge < -0.3 is 10.6 Å². The first-order valence-corrected chi connectivity index (χ1v) is 8.48. The first-order chi connectivity index (χ1) is 9.65. The van der Waals surface area contributed by atoms with Gasteiger partial charge in [0.1, 0.15) is 0 Å². The Bertz CT molecular complexity index is 446. The number of carbonyl (C=O) groups is 1. The molecule has 1 aromatic carbocycles. The molecule has 20 heavy (non-hydrogen) atoms. The second-order valence-corrected chi connectivity index (χ2v) is 6.75. The Morgan fingerprint density at radius 3 is 2.65 bits per heavy atom. The minimum Gasteiger partial charge on any atom is -0.336 e. The number of carbonyl (C=O) groups excluding carboxylic acids is 1. The van der Waals surface area contributed by atoms with Crippen molar-refractivity contribution < 1.29 is 4.79 Å². The molecule has 2 atom stereocenters. The second-order valence-electron chi connectivity index (χ2n) is 5.48. The molecule has 0 radical (unpaired) electrons. The average Bonchev–Trinajstić information content (AvgIpc) is 2.86. The molecule has 0 aliphatic carbocycles. The lowest BCUT2D eigenvalue weighted by Gasteiger charge is -2.21. The van der Waals surface area contributed by atoms with Crippen molar-refractivity contribution in [2.24, 2.45) is 11.7 Å². The summed E-state index contributed by atoms with van der Waals surface area (Å²) < 4.78 is 0. The summed E-state index contributed by atoms with van der Waals surface area (Å²) in [4.78, 5) is 14.5. The molecule has 0 bridgehead atoms. The molecule has 1 heterocycles. The third kappa shape index (κ3) is 3.55. The van der Waals surface area contributed by atoms with Crippen molar-refractivity contribution in [2.75, 3.05) is 18.8 Å². The highest BCUT2D eigenvalue weighted by molar-refractivity contribution is 7.98. The van der Waals surface area contributed by atoms with Gasteiger partial charge in [0.15, 0.2) is 0 Å². The van der Waals surface area contributed by atoms with Crippen LogP contribution in [0.4, 0.5) is 0 Å². The Balaban J connectivity index is 2.02. The molecule has 1 fully saturated rings. The molecule has 1 aliphatic heterocycles. The highest BCUT2D eigenvalue weighted by Gasteiger charge is 2.31. The largest absolute Gasteiger partial charge is 0.336 e. The van der Waals surface area contributed by atoms with Crippen LogP contribution in [0.2, 0.25) is 0 Å². The van der Waals surface area contributed by atoms with Crippen LogP contribution in [0.1, 0.15) is 36.2 Å². The second kappa shape index (κ2) is 7.14. The maximum absolute atomic E-state index is 12.5. The van der Waals surface area contributed by atoms with E-state index in [-0.39, 0.29) is 5.91 Å². The molecule has 110 valence electrons. The first kappa shape index (κ1) is 15.4. The SMILES string of the molecule is CCSCc1ccc(C(=O)N2CC(CN)CC2C)cc1. The summed E-state index contributed by atoms with van der Waals surface area (Å²) in [6, 6.07) is 8.34. The van der Waals surface area contributed by atoms with Gasteiger partial charge in [0.2, 0.25) is 0 Å². The Kier molecular flexibility index (Phi) is 5.49. The standard InChI is InChI=1S/C16H24N2OS/c1-3-20-11-13-4-6-15(7-5-13)16(19)18-10-14(9-17)8-12(18)2/h4-7,12,14H,3,8-11,17H2,1-2H3. The number of hydrogen-bond donors (Lipinski definition) is 1. The van der Waals surface area contributed by atoms with Crippen LogP contribution in [0, 0.1) is 5.92 Å². The molecule has 2 rings (SSSR count). The van der Waals surface area contributed by atoms with Gasteiger partial charge in [-0.2, -0.15) is 11.8 Å². The predicted molar refractivity (Wildman–Crippen MR) is 85.9 cm³/mol. The monoisotopic (exact) mass is 292 g/mol. The van der Waals surface area contributed by atoms with Crippen LogP contribution in [0.3, 0.4) is 0 Å². The van der Waals surface area contributed by atoms with Gasteiger partial charge in [-0.1, -0.05) is 19.1 Å². The zero-order valence-electron chi connectivity index (χ0n) is 12.3. The third-order valence-corrected chi connectivity index (χ3v) is 4.88. The number of hydrogen-bond acceptors (Lipinski definition) is 3. The summed E-state index contributed by atoms with van der Waals surface area (Å²) in [6.07, 6.45) is 1.02. The lowest BCUT2D eigenvalue weighted by molar-refractivity contribution is 0.0743. The number of rotatable bonds is 5. The molecule has 2 N–H and O–H groups in total. The van der Waals surface area contributed by atoms with Gasteiger partial charge in [-0.25, -0.2) is 0 Å². The highest BCUT2D eigenvalue weighted by atomic mass is 32.2. The van der Waals surface area contributed by atoms with Crippen molar-refractivity contribution in [1.82, 2.24) is 4.90 Å². The fourth-order valence-corrected chi connectivity index (χ4v) is 3.36. The molecule has 1 saturated heterocycles. The van der Waals surface area contributed by atoms with Gasteiger partial charge in [-0.3, -0.25) is 4.79 Å². The van der Waals surface area contributed by atoms with E-state index in [9.17, 15) is 4.79 Å². The fourth-order valence-electron chi connectivity index (χ4n) is 2.73. The Morgan fingerprint density at radius 1 is 1.40 bits per heavy atom. The smallest absolute Gasteiger partial charge is 0.254 e. The van der Waals surface area contributed by atoms with Gasteiger partial charge in [-0.15, -0.1) is 0 Å².